The summed E-state index contributed by atoms with van der Waals surface area (Å²) in [6.07, 6.45) is 0. The van der Waals surface area contributed by atoms with Gasteiger partial charge in [-0.3, -0.25) is 0 Å². The third-order valence-electron chi connectivity index (χ3n) is 2.97. The van der Waals surface area contributed by atoms with Gasteiger partial charge in [-0.05, 0) is 24.6 Å². The van der Waals surface area contributed by atoms with E-state index in [9.17, 15) is 5.11 Å². The lowest BCUT2D eigenvalue weighted by molar-refractivity contribution is 0.0722. The van der Waals surface area contributed by atoms with Crippen molar-refractivity contribution in [2.45, 2.75) is 19.5 Å². The van der Waals surface area contributed by atoms with E-state index in [0.717, 1.165) is 23.6 Å². The first-order valence-corrected chi connectivity index (χ1v) is 5.87. The molecule has 0 saturated carbocycles. The van der Waals surface area contributed by atoms with Crippen molar-refractivity contribution in [3.8, 4) is 0 Å². The minimum atomic E-state index is -0.0105. The predicted octanol–water partition coefficient (Wildman–Crippen LogP) is 0.0462. The standard InChI is InChI=1S/C12H19N3O2/c1-9-4-10(6-13)5-12(14-9)15-2-3-17-8-11(15)7-16/h4-5,11,16H,2-3,6-8,13H2,1H3. The maximum Gasteiger partial charge on any atom is 0.129 e. The number of ether oxygens (including phenoxy) is 1. The van der Waals surface area contributed by atoms with Gasteiger partial charge in [0.05, 0.1) is 25.9 Å². The summed E-state index contributed by atoms with van der Waals surface area (Å²) in [6, 6.07) is 3.96. The lowest BCUT2D eigenvalue weighted by Gasteiger charge is -2.35. The second-order valence-corrected chi connectivity index (χ2v) is 4.28. The van der Waals surface area contributed by atoms with Crippen molar-refractivity contribution >= 4 is 5.82 Å². The Morgan fingerprint density at radius 1 is 1.59 bits per heavy atom. The molecule has 1 aromatic rings. The number of hydrogen-bond acceptors (Lipinski definition) is 5. The molecule has 1 saturated heterocycles. The fourth-order valence-corrected chi connectivity index (χ4v) is 2.09. The fourth-order valence-electron chi connectivity index (χ4n) is 2.09. The number of nitrogens with zero attached hydrogens (tertiary/aromatic N) is 2. The van der Waals surface area contributed by atoms with Crippen molar-refractivity contribution in [3.63, 3.8) is 0 Å². The molecule has 1 atom stereocenters. The van der Waals surface area contributed by atoms with E-state index in [4.69, 9.17) is 10.5 Å². The zero-order valence-electron chi connectivity index (χ0n) is 10.1. The highest BCUT2D eigenvalue weighted by molar-refractivity contribution is 5.44. The molecular formula is C12H19N3O2. The van der Waals surface area contributed by atoms with Crippen LogP contribution in [0.5, 0.6) is 0 Å². The van der Waals surface area contributed by atoms with Crippen LogP contribution in [0.4, 0.5) is 5.82 Å². The van der Waals surface area contributed by atoms with Crippen molar-refractivity contribution in [1.82, 2.24) is 4.98 Å². The van der Waals surface area contributed by atoms with Gasteiger partial charge in [-0.25, -0.2) is 4.98 Å². The summed E-state index contributed by atoms with van der Waals surface area (Å²) in [4.78, 5) is 6.60. The van der Waals surface area contributed by atoms with Crippen LogP contribution in [0.2, 0.25) is 0 Å². The monoisotopic (exact) mass is 237 g/mol. The molecule has 5 nitrogen and oxygen atoms in total. The van der Waals surface area contributed by atoms with E-state index >= 15 is 0 Å². The van der Waals surface area contributed by atoms with Crippen LogP contribution in [-0.2, 0) is 11.3 Å². The van der Waals surface area contributed by atoms with Crippen LogP contribution in [0.1, 0.15) is 11.3 Å². The highest BCUT2D eigenvalue weighted by atomic mass is 16.5. The summed E-state index contributed by atoms with van der Waals surface area (Å²) < 4.78 is 5.36. The topological polar surface area (TPSA) is 71.6 Å². The number of nitrogens with two attached hydrogens (primary N) is 1. The minimum absolute atomic E-state index is 0.0105. The Labute approximate surface area is 101 Å². The van der Waals surface area contributed by atoms with Gasteiger partial charge < -0.3 is 20.5 Å². The largest absolute Gasteiger partial charge is 0.394 e. The maximum atomic E-state index is 9.34. The summed E-state index contributed by atoms with van der Waals surface area (Å²) in [5, 5.41) is 9.34. The lowest BCUT2D eigenvalue weighted by atomic mass is 10.2. The van der Waals surface area contributed by atoms with Gasteiger partial charge in [0, 0.05) is 18.8 Å². The summed E-state index contributed by atoms with van der Waals surface area (Å²) in [7, 11) is 0. The number of hydrogen-bond donors (Lipinski definition) is 2. The molecule has 1 aromatic heterocycles. The smallest absolute Gasteiger partial charge is 0.129 e. The number of aliphatic hydroxyl groups excluding tert-OH is 1. The van der Waals surface area contributed by atoms with Gasteiger partial charge in [-0.1, -0.05) is 0 Å². The predicted molar refractivity (Wildman–Crippen MR) is 65.9 cm³/mol. The second kappa shape index (κ2) is 5.44. The van der Waals surface area contributed by atoms with Crippen LogP contribution in [-0.4, -0.2) is 42.5 Å². The molecule has 1 unspecified atom stereocenters. The zero-order valence-corrected chi connectivity index (χ0v) is 10.1. The third-order valence-corrected chi connectivity index (χ3v) is 2.97. The third kappa shape index (κ3) is 2.74. The summed E-state index contributed by atoms with van der Waals surface area (Å²) >= 11 is 0. The molecule has 94 valence electrons. The maximum absolute atomic E-state index is 9.34. The molecule has 3 N–H and O–H groups in total. The molecule has 2 heterocycles. The van der Waals surface area contributed by atoms with Crippen molar-refractivity contribution in [1.29, 1.82) is 0 Å². The molecule has 5 heteroatoms. The normalized spacial score (nSPS) is 20.6. The molecule has 0 amide bonds. The van der Waals surface area contributed by atoms with E-state index in [1.807, 2.05) is 19.1 Å². The van der Waals surface area contributed by atoms with E-state index < -0.39 is 0 Å². The van der Waals surface area contributed by atoms with Gasteiger partial charge in [-0.2, -0.15) is 0 Å². The number of pyridine rings is 1. The van der Waals surface area contributed by atoms with Gasteiger partial charge in [-0.15, -0.1) is 0 Å². The molecule has 2 rings (SSSR count). The summed E-state index contributed by atoms with van der Waals surface area (Å²) in [5.41, 5.74) is 7.68. The number of aromatic nitrogens is 1. The van der Waals surface area contributed by atoms with Crippen LogP contribution in [0.15, 0.2) is 12.1 Å². The number of aryl methyl sites for hydroxylation is 1. The quantitative estimate of drug-likeness (QED) is 0.777. The van der Waals surface area contributed by atoms with Crippen molar-refractivity contribution in [2.24, 2.45) is 5.73 Å². The summed E-state index contributed by atoms with van der Waals surface area (Å²) in [5.74, 6) is 0.882. The number of anilines is 1. The van der Waals surface area contributed by atoms with Gasteiger partial charge in [0.2, 0.25) is 0 Å². The van der Waals surface area contributed by atoms with Crippen LogP contribution >= 0.6 is 0 Å². The van der Waals surface area contributed by atoms with Crippen molar-refractivity contribution < 1.29 is 9.84 Å². The lowest BCUT2D eigenvalue weighted by Crippen LogP contribution is -2.48. The Hall–Kier alpha value is -1.17. The molecule has 0 radical (unpaired) electrons. The molecule has 0 aliphatic carbocycles. The van der Waals surface area contributed by atoms with Crippen LogP contribution in [0, 0.1) is 6.92 Å². The second-order valence-electron chi connectivity index (χ2n) is 4.28. The molecular weight excluding hydrogens is 218 g/mol. The Kier molecular flexibility index (Phi) is 3.93. The Bertz CT molecular complexity index is 384. The minimum Gasteiger partial charge on any atom is -0.394 e. The van der Waals surface area contributed by atoms with Crippen LogP contribution < -0.4 is 10.6 Å². The van der Waals surface area contributed by atoms with Crippen molar-refractivity contribution in [2.75, 3.05) is 31.3 Å². The van der Waals surface area contributed by atoms with Gasteiger partial charge >= 0.3 is 0 Å². The van der Waals surface area contributed by atoms with E-state index in [1.165, 1.54) is 0 Å². The van der Waals surface area contributed by atoms with Crippen LogP contribution in [0.3, 0.4) is 0 Å². The Morgan fingerprint density at radius 2 is 2.41 bits per heavy atom. The van der Waals surface area contributed by atoms with Crippen molar-refractivity contribution in [3.05, 3.63) is 23.4 Å². The SMILES string of the molecule is Cc1cc(CN)cc(N2CCOCC2CO)n1. The highest BCUT2D eigenvalue weighted by Crippen LogP contribution is 2.19. The Balaban J connectivity index is 2.27. The Morgan fingerprint density at radius 3 is 3.12 bits per heavy atom. The molecule has 0 aromatic carbocycles. The van der Waals surface area contributed by atoms with Gasteiger partial charge in [0.1, 0.15) is 5.82 Å². The molecule has 17 heavy (non-hydrogen) atoms. The molecule has 0 spiro atoms. The molecule has 1 aliphatic rings. The van der Waals surface area contributed by atoms with E-state index in [-0.39, 0.29) is 12.6 Å². The highest BCUT2D eigenvalue weighted by Gasteiger charge is 2.23. The average molecular weight is 237 g/mol. The first-order valence-electron chi connectivity index (χ1n) is 5.87. The molecule has 1 aliphatic heterocycles. The zero-order chi connectivity index (χ0) is 12.3. The number of rotatable bonds is 3. The molecule has 1 fully saturated rings. The number of aliphatic hydroxyl groups is 1. The fraction of sp³-hybridized carbons (Fsp3) is 0.583. The van der Waals surface area contributed by atoms with Crippen LogP contribution in [0.25, 0.3) is 0 Å². The van der Waals surface area contributed by atoms with Gasteiger partial charge in [0.25, 0.3) is 0 Å². The number of morpholine rings is 1. The average Bonchev–Trinajstić information content (AvgIpc) is 2.37. The first-order chi connectivity index (χ1) is 8.24. The first kappa shape index (κ1) is 12.3. The summed E-state index contributed by atoms with van der Waals surface area (Å²) in [6.45, 7) is 4.51. The van der Waals surface area contributed by atoms with Gasteiger partial charge in [0.15, 0.2) is 0 Å². The van der Waals surface area contributed by atoms with E-state index in [0.29, 0.717) is 19.8 Å². The van der Waals surface area contributed by atoms with E-state index in [1.54, 1.807) is 0 Å². The van der Waals surface area contributed by atoms with E-state index in [2.05, 4.69) is 9.88 Å². The molecule has 0 bridgehead atoms.